The third-order valence-corrected chi connectivity index (χ3v) is 4.11. The summed E-state index contributed by atoms with van der Waals surface area (Å²) in [5, 5.41) is 17.2. The number of amides is 2. The number of urea groups is 1. The number of hydrogen-bond donors (Lipinski definition) is 2. The topological polar surface area (TPSA) is 83.3 Å². The summed E-state index contributed by atoms with van der Waals surface area (Å²) in [5.41, 5.74) is 1.86. The summed E-state index contributed by atoms with van der Waals surface area (Å²) in [6.45, 7) is 6.88. The number of anilines is 1. The first-order valence-corrected chi connectivity index (χ1v) is 8.16. The number of nitrogens with zero attached hydrogens (tertiary/aromatic N) is 4. The Labute approximate surface area is 141 Å². The van der Waals surface area contributed by atoms with Crippen molar-refractivity contribution in [1.82, 2.24) is 19.7 Å². The van der Waals surface area contributed by atoms with Crippen LogP contribution in [0.3, 0.4) is 0 Å². The number of nitrogens with one attached hydrogen (secondary N) is 1. The Hall–Kier alpha value is -2.41. The minimum atomic E-state index is -0.468. The van der Waals surface area contributed by atoms with Gasteiger partial charge in [-0.1, -0.05) is 6.92 Å². The van der Waals surface area contributed by atoms with Gasteiger partial charge in [-0.15, -0.1) is 0 Å². The van der Waals surface area contributed by atoms with Gasteiger partial charge in [-0.3, -0.25) is 5.32 Å². The average Bonchev–Trinajstić information content (AvgIpc) is 2.87. The lowest BCUT2D eigenvalue weighted by Gasteiger charge is -2.34. The van der Waals surface area contributed by atoms with Gasteiger partial charge in [0.2, 0.25) is 0 Å². The zero-order valence-electron chi connectivity index (χ0n) is 14.2. The number of piperidine rings is 1. The number of carbonyl (C=O) groups excluding carboxylic acids is 1. The number of aliphatic hydroxyl groups excluding tert-OH is 1. The van der Waals surface area contributed by atoms with Crippen LogP contribution in [-0.4, -0.2) is 50.0 Å². The molecule has 0 aliphatic carbocycles. The Bertz CT molecular complexity index is 732. The van der Waals surface area contributed by atoms with Gasteiger partial charge >= 0.3 is 6.03 Å². The van der Waals surface area contributed by atoms with E-state index in [1.165, 1.54) is 0 Å². The van der Waals surface area contributed by atoms with E-state index in [9.17, 15) is 9.90 Å². The predicted molar refractivity (Wildman–Crippen MR) is 91.2 cm³/mol. The molecule has 2 amide bonds. The van der Waals surface area contributed by atoms with E-state index >= 15 is 0 Å². The van der Waals surface area contributed by atoms with Crippen LogP contribution in [0.5, 0.6) is 0 Å². The number of pyridine rings is 1. The summed E-state index contributed by atoms with van der Waals surface area (Å²) in [4.78, 5) is 18.5. The fraction of sp³-hybridized carbons (Fsp3) is 0.471. The van der Waals surface area contributed by atoms with E-state index in [1.807, 2.05) is 39.0 Å². The van der Waals surface area contributed by atoms with Crippen molar-refractivity contribution in [2.45, 2.75) is 33.3 Å². The zero-order valence-corrected chi connectivity index (χ0v) is 14.2. The molecule has 128 valence electrons. The molecule has 1 aliphatic heterocycles. The van der Waals surface area contributed by atoms with Crippen molar-refractivity contribution in [3.63, 3.8) is 0 Å². The summed E-state index contributed by atoms with van der Waals surface area (Å²) in [6.07, 6.45) is 1.98. The van der Waals surface area contributed by atoms with E-state index in [4.69, 9.17) is 0 Å². The molecule has 3 heterocycles. The van der Waals surface area contributed by atoms with Gasteiger partial charge in [0.05, 0.1) is 11.8 Å². The molecule has 0 spiro atoms. The number of aryl methyl sites for hydroxylation is 2. The number of aromatic nitrogens is 3. The lowest BCUT2D eigenvalue weighted by Crippen LogP contribution is -2.47. The van der Waals surface area contributed by atoms with E-state index in [0.717, 1.165) is 17.7 Å². The molecule has 0 aromatic carbocycles. The Morgan fingerprint density at radius 2 is 2.12 bits per heavy atom. The van der Waals surface area contributed by atoms with Crippen LogP contribution in [0, 0.1) is 19.8 Å². The second-order valence-electron chi connectivity index (χ2n) is 6.60. The molecule has 24 heavy (non-hydrogen) atoms. The van der Waals surface area contributed by atoms with Crippen molar-refractivity contribution < 1.29 is 9.90 Å². The van der Waals surface area contributed by atoms with Crippen molar-refractivity contribution in [3.8, 4) is 5.82 Å². The molecule has 0 radical (unpaired) electrons. The summed E-state index contributed by atoms with van der Waals surface area (Å²) >= 11 is 0. The molecule has 3 rings (SSSR count). The fourth-order valence-corrected chi connectivity index (χ4v) is 3.07. The standard InChI is InChI=1S/C17H23N5O2/c1-11-4-5-18-15(7-11)22-16(8-13(3)20-22)19-17(24)21-9-12(2)6-14(23)10-21/h4-5,7-8,12,14,23H,6,9-10H2,1-3H3,(H,19,24)/t12-,14+/m1/s1. The van der Waals surface area contributed by atoms with Crippen molar-refractivity contribution in [2.24, 2.45) is 5.92 Å². The quantitative estimate of drug-likeness (QED) is 0.884. The van der Waals surface area contributed by atoms with Crippen molar-refractivity contribution >= 4 is 11.8 Å². The second-order valence-corrected chi connectivity index (χ2v) is 6.60. The molecule has 2 atom stereocenters. The highest BCUT2D eigenvalue weighted by Crippen LogP contribution is 2.20. The number of β-amino-alcohol motifs (C(OH)–C–C–N with tert-alkyl or cyclic N) is 1. The summed E-state index contributed by atoms with van der Waals surface area (Å²) in [6, 6.07) is 5.41. The maximum Gasteiger partial charge on any atom is 0.323 e. The Kier molecular flexibility index (Phi) is 4.53. The van der Waals surface area contributed by atoms with E-state index in [1.54, 1.807) is 15.8 Å². The first kappa shape index (κ1) is 16.4. The Balaban J connectivity index is 1.81. The number of carbonyl (C=O) groups is 1. The van der Waals surface area contributed by atoms with Gasteiger partial charge in [0.15, 0.2) is 5.82 Å². The molecule has 7 nitrogen and oxygen atoms in total. The molecule has 0 unspecified atom stereocenters. The normalized spacial score (nSPS) is 20.9. The predicted octanol–water partition coefficient (Wildman–Crippen LogP) is 2.12. The first-order valence-electron chi connectivity index (χ1n) is 8.16. The van der Waals surface area contributed by atoms with Crippen molar-refractivity contribution in [3.05, 3.63) is 35.7 Å². The lowest BCUT2D eigenvalue weighted by molar-refractivity contribution is 0.0640. The molecule has 0 saturated carbocycles. The number of likely N-dealkylation sites (tertiary alicyclic amines) is 1. The highest BCUT2D eigenvalue weighted by atomic mass is 16.3. The summed E-state index contributed by atoms with van der Waals surface area (Å²) in [7, 11) is 0. The molecule has 2 aromatic heterocycles. The Morgan fingerprint density at radius 3 is 2.83 bits per heavy atom. The lowest BCUT2D eigenvalue weighted by atomic mass is 9.98. The molecule has 0 bridgehead atoms. The van der Waals surface area contributed by atoms with Crippen LogP contribution < -0.4 is 5.32 Å². The fourth-order valence-electron chi connectivity index (χ4n) is 3.07. The SMILES string of the molecule is Cc1ccnc(-n2nc(C)cc2NC(=O)N2C[C@H](C)C[C@H](O)C2)c1. The van der Waals surface area contributed by atoms with Gasteiger partial charge in [-0.2, -0.15) is 9.78 Å². The highest BCUT2D eigenvalue weighted by Gasteiger charge is 2.27. The molecule has 1 aliphatic rings. The zero-order chi connectivity index (χ0) is 17.3. The minimum absolute atomic E-state index is 0.227. The van der Waals surface area contributed by atoms with Gasteiger partial charge in [-0.05, 0) is 43.9 Å². The van der Waals surface area contributed by atoms with Gasteiger partial charge < -0.3 is 10.0 Å². The van der Waals surface area contributed by atoms with Crippen LogP contribution in [-0.2, 0) is 0 Å². The van der Waals surface area contributed by atoms with Crippen LogP contribution >= 0.6 is 0 Å². The van der Waals surface area contributed by atoms with Gasteiger partial charge in [0, 0.05) is 25.4 Å². The molecule has 2 aromatic rings. The second kappa shape index (κ2) is 6.60. The van der Waals surface area contributed by atoms with E-state index in [-0.39, 0.29) is 11.9 Å². The maximum atomic E-state index is 12.6. The van der Waals surface area contributed by atoms with Gasteiger partial charge in [0.1, 0.15) is 5.82 Å². The number of aliphatic hydroxyl groups is 1. The van der Waals surface area contributed by atoms with Crippen molar-refractivity contribution in [2.75, 3.05) is 18.4 Å². The van der Waals surface area contributed by atoms with Crippen LogP contribution in [0.2, 0.25) is 0 Å². The molecule has 2 N–H and O–H groups in total. The summed E-state index contributed by atoms with van der Waals surface area (Å²) in [5.74, 6) is 1.51. The van der Waals surface area contributed by atoms with E-state index < -0.39 is 6.10 Å². The van der Waals surface area contributed by atoms with Crippen LogP contribution in [0.15, 0.2) is 24.4 Å². The van der Waals surface area contributed by atoms with E-state index in [0.29, 0.717) is 24.7 Å². The average molecular weight is 329 g/mol. The van der Waals surface area contributed by atoms with Gasteiger partial charge in [-0.25, -0.2) is 9.78 Å². The van der Waals surface area contributed by atoms with E-state index in [2.05, 4.69) is 15.4 Å². The monoisotopic (exact) mass is 329 g/mol. The van der Waals surface area contributed by atoms with Crippen LogP contribution in [0.1, 0.15) is 24.6 Å². The maximum absolute atomic E-state index is 12.6. The van der Waals surface area contributed by atoms with Crippen LogP contribution in [0.25, 0.3) is 5.82 Å². The number of rotatable bonds is 2. The molecular weight excluding hydrogens is 306 g/mol. The molecule has 1 saturated heterocycles. The minimum Gasteiger partial charge on any atom is -0.391 e. The summed E-state index contributed by atoms with van der Waals surface area (Å²) < 4.78 is 1.63. The molecule has 7 heteroatoms. The Morgan fingerprint density at radius 1 is 1.33 bits per heavy atom. The third kappa shape index (κ3) is 3.56. The molecule has 1 fully saturated rings. The van der Waals surface area contributed by atoms with Crippen molar-refractivity contribution in [1.29, 1.82) is 0 Å². The van der Waals surface area contributed by atoms with Gasteiger partial charge in [0.25, 0.3) is 0 Å². The molecular formula is C17H23N5O2. The highest BCUT2D eigenvalue weighted by molar-refractivity contribution is 5.88. The van der Waals surface area contributed by atoms with Crippen LogP contribution in [0.4, 0.5) is 10.6 Å². The largest absolute Gasteiger partial charge is 0.391 e. The first-order chi connectivity index (χ1) is 11.4. The third-order valence-electron chi connectivity index (χ3n) is 4.11. The number of hydrogen-bond acceptors (Lipinski definition) is 4. The smallest absolute Gasteiger partial charge is 0.323 e.